The lowest BCUT2D eigenvalue weighted by molar-refractivity contribution is 0.959. The molecule has 2 rings (SSSR count). The molecule has 3 heteroatoms. The number of hydrogen-bond acceptors (Lipinski definition) is 2. The molecule has 0 atom stereocenters. The van der Waals surface area contributed by atoms with Crippen LogP contribution in [0.3, 0.4) is 0 Å². The first-order valence-corrected chi connectivity index (χ1v) is 3.64. The van der Waals surface area contributed by atoms with Gasteiger partial charge < -0.3 is 0 Å². The van der Waals surface area contributed by atoms with Crippen molar-refractivity contribution in [2.45, 2.75) is 6.92 Å². The van der Waals surface area contributed by atoms with Crippen LogP contribution >= 0.6 is 0 Å². The molecule has 0 fully saturated rings. The lowest BCUT2D eigenvalue weighted by atomic mass is 10.2. The molecule has 1 aromatic carbocycles. The van der Waals surface area contributed by atoms with E-state index in [-0.39, 0.29) is 0 Å². The van der Waals surface area contributed by atoms with Crippen LogP contribution in [0.5, 0.6) is 0 Å². The van der Waals surface area contributed by atoms with Crippen LogP contribution in [0.1, 0.15) is 12.5 Å². The number of aromatic amines is 1. The summed E-state index contributed by atoms with van der Waals surface area (Å²) in [5.74, 6) is 5.80. The third-order valence-electron chi connectivity index (χ3n) is 1.61. The van der Waals surface area contributed by atoms with E-state index in [1.165, 1.54) is 0 Å². The highest BCUT2D eigenvalue weighted by Gasteiger charge is 2.00. The zero-order valence-electron chi connectivity index (χ0n) is 6.63. The number of para-hydroxylation sites is 1. The third kappa shape index (κ3) is 0.940. The van der Waals surface area contributed by atoms with Crippen molar-refractivity contribution in [3.8, 4) is 11.8 Å². The largest absolute Gasteiger partial charge is 0.197 e. The number of nitrogens with zero attached hydrogens (tertiary/aromatic N) is 2. The van der Waals surface area contributed by atoms with Crippen LogP contribution in [0.15, 0.2) is 18.2 Å². The van der Waals surface area contributed by atoms with E-state index in [0.717, 1.165) is 16.6 Å². The minimum Gasteiger partial charge on any atom is -0.197 e. The van der Waals surface area contributed by atoms with E-state index in [9.17, 15) is 0 Å². The van der Waals surface area contributed by atoms with E-state index >= 15 is 0 Å². The number of rotatable bonds is 0. The fourth-order valence-electron chi connectivity index (χ4n) is 1.10. The van der Waals surface area contributed by atoms with E-state index < -0.39 is 0 Å². The van der Waals surface area contributed by atoms with Gasteiger partial charge >= 0.3 is 0 Å². The maximum absolute atomic E-state index is 4.00. The van der Waals surface area contributed by atoms with Crippen LogP contribution in [0.2, 0.25) is 0 Å². The van der Waals surface area contributed by atoms with Gasteiger partial charge in [0.1, 0.15) is 11.0 Å². The smallest absolute Gasteiger partial charge is 0.128 e. The van der Waals surface area contributed by atoms with Gasteiger partial charge in [0.05, 0.1) is 5.56 Å². The predicted molar refractivity (Wildman–Crippen MR) is 46.4 cm³/mol. The van der Waals surface area contributed by atoms with Gasteiger partial charge in [0, 0.05) is 0 Å². The van der Waals surface area contributed by atoms with Crippen molar-refractivity contribution < 1.29 is 0 Å². The van der Waals surface area contributed by atoms with E-state index in [0.29, 0.717) is 0 Å². The van der Waals surface area contributed by atoms with Gasteiger partial charge in [-0.1, -0.05) is 12.0 Å². The maximum Gasteiger partial charge on any atom is 0.128 e. The van der Waals surface area contributed by atoms with Crippen molar-refractivity contribution in [3.05, 3.63) is 23.8 Å². The minimum absolute atomic E-state index is 0.840. The molecule has 0 aliphatic heterocycles. The Bertz CT molecular complexity index is 459. The lowest BCUT2D eigenvalue weighted by Gasteiger charge is -1.88. The molecular weight excluding hydrogens is 150 g/mol. The number of H-pyrrole nitrogens is 1. The highest BCUT2D eigenvalue weighted by Crippen LogP contribution is 2.11. The molecule has 2 aromatic rings. The molecule has 58 valence electrons. The Hall–Kier alpha value is -1.82. The summed E-state index contributed by atoms with van der Waals surface area (Å²) in [4.78, 5) is 0. The molecule has 0 radical (unpaired) electrons. The molecular formula is C9H7N3. The monoisotopic (exact) mass is 157 g/mol. The second-order valence-electron chi connectivity index (χ2n) is 2.37. The van der Waals surface area contributed by atoms with Crippen LogP contribution < -0.4 is 0 Å². The van der Waals surface area contributed by atoms with Gasteiger partial charge in [-0.3, -0.25) is 0 Å². The molecule has 0 saturated heterocycles. The average Bonchev–Trinajstić information content (AvgIpc) is 2.53. The molecule has 0 aliphatic rings. The summed E-state index contributed by atoms with van der Waals surface area (Å²) in [6.07, 6.45) is 0. The van der Waals surface area contributed by atoms with Gasteiger partial charge in [-0.05, 0) is 19.1 Å². The molecule has 0 unspecified atom stereocenters. The Labute approximate surface area is 69.8 Å². The maximum atomic E-state index is 4.00. The van der Waals surface area contributed by atoms with Crippen LogP contribution in [0, 0.1) is 11.8 Å². The van der Waals surface area contributed by atoms with E-state index in [1.54, 1.807) is 6.92 Å². The Balaban J connectivity index is 2.79. The normalized spacial score (nSPS) is 9.42. The lowest BCUT2D eigenvalue weighted by Crippen LogP contribution is -1.77. The molecule has 0 amide bonds. The highest BCUT2D eigenvalue weighted by atomic mass is 15.3. The van der Waals surface area contributed by atoms with Crippen molar-refractivity contribution in [1.82, 2.24) is 15.4 Å². The highest BCUT2D eigenvalue weighted by molar-refractivity contribution is 5.80. The van der Waals surface area contributed by atoms with Crippen LogP contribution in [-0.2, 0) is 0 Å². The quantitative estimate of drug-likeness (QED) is 0.586. The van der Waals surface area contributed by atoms with Crippen molar-refractivity contribution in [2.75, 3.05) is 0 Å². The molecule has 0 aliphatic carbocycles. The SMILES string of the molecule is CC#Cc1cccc2n[nH]nc12. The van der Waals surface area contributed by atoms with Gasteiger partial charge in [0.15, 0.2) is 0 Å². The van der Waals surface area contributed by atoms with Crippen molar-refractivity contribution in [2.24, 2.45) is 0 Å². The van der Waals surface area contributed by atoms with E-state index in [1.807, 2.05) is 18.2 Å². The second-order valence-corrected chi connectivity index (χ2v) is 2.37. The van der Waals surface area contributed by atoms with E-state index in [4.69, 9.17) is 0 Å². The first-order valence-electron chi connectivity index (χ1n) is 3.64. The standard InChI is InChI=1S/C9H7N3/c1-2-4-7-5-3-6-8-9(7)11-12-10-8/h3,5-6H,1H3,(H,10,11,12). The Kier molecular flexibility index (Phi) is 1.52. The van der Waals surface area contributed by atoms with Gasteiger partial charge in [-0.2, -0.15) is 15.4 Å². The number of benzene rings is 1. The van der Waals surface area contributed by atoms with Gasteiger partial charge in [-0.25, -0.2) is 0 Å². The Morgan fingerprint density at radius 2 is 2.25 bits per heavy atom. The predicted octanol–water partition coefficient (Wildman–Crippen LogP) is 1.33. The molecule has 12 heavy (non-hydrogen) atoms. The first-order chi connectivity index (χ1) is 5.92. The third-order valence-corrected chi connectivity index (χ3v) is 1.61. The van der Waals surface area contributed by atoms with Gasteiger partial charge in [-0.15, -0.1) is 5.92 Å². The molecule has 3 nitrogen and oxygen atoms in total. The summed E-state index contributed by atoms with van der Waals surface area (Å²) in [5.41, 5.74) is 2.62. The van der Waals surface area contributed by atoms with Crippen LogP contribution in [0.25, 0.3) is 11.0 Å². The van der Waals surface area contributed by atoms with Crippen molar-refractivity contribution in [1.29, 1.82) is 0 Å². The topological polar surface area (TPSA) is 41.6 Å². The summed E-state index contributed by atoms with van der Waals surface area (Å²) >= 11 is 0. The Morgan fingerprint density at radius 1 is 1.33 bits per heavy atom. The molecule has 1 N–H and O–H groups in total. The molecule has 1 aromatic heterocycles. The van der Waals surface area contributed by atoms with Crippen molar-refractivity contribution in [3.63, 3.8) is 0 Å². The minimum atomic E-state index is 0.840. The summed E-state index contributed by atoms with van der Waals surface area (Å²) < 4.78 is 0. The first kappa shape index (κ1) is 6.86. The molecule has 0 saturated carbocycles. The summed E-state index contributed by atoms with van der Waals surface area (Å²) in [6, 6.07) is 5.76. The van der Waals surface area contributed by atoms with Crippen LogP contribution in [-0.4, -0.2) is 15.4 Å². The summed E-state index contributed by atoms with van der Waals surface area (Å²) in [6.45, 7) is 1.80. The molecule has 0 spiro atoms. The number of aromatic nitrogens is 3. The number of nitrogens with one attached hydrogen (secondary N) is 1. The summed E-state index contributed by atoms with van der Waals surface area (Å²) in [7, 11) is 0. The zero-order valence-corrected chi connectivity index (χ0v) is 6.63. The van der Waals surface area contributed by atoms with Crippen LogP contribution in [0.4, 0.5) is 0 Å². The Morgan fingerprint density at radius 3 is 3.08 bits per heavy atom. The summed E-state index contributed by atoms with van der Waals surface area (Å²) in [5, 5.41) is 10.5. The molecule has 0 bridgehead atoms. The fraction of sp³-hybridized carbons (Fsp3) is 0.111. The molecule has 1 heterocycles. The van der Waals surface area contributed by atoms with Gasteiger partial charge in [0.2, 0.25) is 0 Å². The average molecular weight is 157 g/mol. The second kappa shape index (κ2) is 2.67. The van der Waals surface area contributed by atoms with E-state index in [2.05, 4.69) is 27.3 Å². The number of hydrogen-bond donors (Lipinski definition) is 1. The van der Waals surface area contributed by atoms with Gasteiger partial charge in [0.25, 0.3) is 0 Å². The number of fused-ring (bicyclic) bond motifs is 1. The van der Waals surface area contributed by atoms with Crippen molar-refractivity contribution >= 4 is 11.0 Å². The fourth-order valence-corrected chi connectivity index (χ4v) is 1.10. The zero-order chi connectivity index (χ0) is 8.39.